The summed E-state index contributed by atoms with van der Waals surface area (Å²) < 4.78 is 0. The van der Waals surface area contributed by atoms with Gasteiger partial charge in [-0.3, -0.25) is 4.90 Å². The summed E-state index contributed by atoms with van der Waals surface area (Å²) in [4.78, 5) is 15.7. The van der Waals surface area contributed by atoms with Crippen molar-refractivity contribution in [3.63, 3.8) is 0 Å². The Morgan fingerprint density at radius 1 is 0.871 bits per heavy atom. The second kappa shape index (κ2) is 9.23. The predicted octanol–water partition coefficient (Wildman–Crippen LogP) is 5.48. The van der Waals surface area contributed by atoms with Crippen LogP contribution in [-0.4, -0.2) is 40.8 Å². The number of hydrogen-bond donors (Lipinski definition) is 1. The standard InChI is InChI=1S/C26H32N4O/c31-26-27-24-14-8-7-13-23(24)25(21-11-5-2-6-12-21)28-30(26)22-15-17-29(18-16-22)19-20-9-3-1-4-10-20/h1,3-4,7-10,13-14,21-22H,2,5-6,11-12,15-19H2,(H,27,31). The van der Waals surface area contributed by atoms with Gasteiger partial charge in [-0.1, -0.05) is 67.8 Å². The van der Waals surface area contributed by atoms with Gasteiger partial charge in [-0.05, 0) is 37.3 Å². The van der Waals surface area contributed by atoms with Gasteiger partial charge in [0.15, 0.2) is 0 Å². The first-order valence-electron chi connectivity index (χ1n) is 11.8. The third kappa shape index (κ3) is 4.52. The molecule has 0 atom stereocenters. The van der Waals surface area contributed by atoms with Gasteiger partial charge >= 0.3 is 6.03 Å². The van der Waals surface area contributed by atoms with Crippen molar-refractivity contribution in [2.45, 2.75) is 57.5 Å². The number of carbonyl (C=O) groups excluding carboxylic acids is 1. The van der Waals surface area contributed by atoms with Crippen LogP contribution >= 0.6 is 0 Å². The van der Waals surface area contributed by atoms with E-state index < -0.39 is 0 Å². The molecule has 2 heterocycles. The Balaban J connectivity index is 1.34. The van der Waals surface area contributed by atoms with E-state index in [9.17, 15) is 4.79 Å². The highest BCUT2D eigenvalue weighted by Crippen LogP contribution is 2.33. The number of hydrazone groups is 1. The molecular weight excluding hydrogens is 384 g/mol. The van der Waals surface area contributed by atoms with Gasteiger partial charge in [0.2, 0.25) is 0 Å². The second-order valence-electron chi connectivity index (χ2n) is 9.13. The van der Waals surface area contributed by atoms with Crippen molar-refractivity contribution >= 4 is 17.4 Å². The fraction of sp³-hybridized carbons (Fsp3) is 0.462. The van der Waals surface area contributed by atoms with Gasteiger partial charge < -0.3 is 5.32 Å². The number of nitrogens with one attached hydrogen (secondary N) is 1. The Labute approximate surface area is 185 Å². The molecule has 0 unspecified atom stereocenters. The fourth-order valence-electron chi connectivity index (χ4n) is 5.29. The van der Waals surface area contributed by atoms with Crippen LogP contribution in [0.5, 0.6) is 0 Å². The number of likely N-dealkylation sites (tertiary alicyclic amines) is 1. The first kappa shape index (κ1) is 20.3. The van der Waals surface area contributed by atoms with Gasteiger partial charge in [0.05, 0.1) is 17.4 Å². The van der Waals surface area contributed by atoms with E-state index in [0.717, 1.165) is 49.4 Å². The number of fused-ring (bicyclic) bond motifs is 1. The third-order valence-electron chi connectivity index (χ3n) is 7.01. The first-order chi connectivity index (χ1) is 15.3. The average Bonchev–Trinajstić information content (AvgIpc) is 2.97. The molecule has 5 rings (SSSR count). The molecule has 2 fully saturated rings. The molecule has 5 nitrogen and oxygen atoms in total. The molecule has 2 aliphatic heterocycles. The summed E-state index contributed by atoms with van der Waals surface area (Å²) >= 11 is 0. The van der Waals surface area contributed by atoms with E-state index in [4.69, 9.17) is 5.10 Å². The highest BCUT2D eigenvalue weighted by molar-refractivity contribution is 6.10. The molecule has 0 bridgehead atoms. The molecule has 0 radical (unpaired) electrons. The zero-order valence-electron chi connectivity index (χ0n) is 18.2. The molecule has 5 heteroatoms. The van der Waals surface area contributed by atoms with E-state index in [1.165, 1.54) is 37.7 Å². The molecule has 2 aromatic rings. The van der Waals surface area contributed by atoms with Gasteiger partial charge in [-0.25, -0.2) is 9.80 Å². The van der Waals surface area contributed by atoms with Crippen LogP contribution in [0.15, 0.2) is 59.7 Å². The van der Waals surface area contributed by atoms with Crippen molar-refractivity contribution in [2.24, 2.45) is 11.0 Å². The highest BCUT2D eigenvalue weighted by atomic mass is 16.2. The molecule has 0 spiro atoms. The van der Waals surface area contributed by atoms with Gasteiger partial charge in [0.25, 0.3) is 0 Å². The van der Waals surface area contributed by atoms with Crippen LogP contribution in [0.1, 0.15) is 56.1 Å². The van der Waals surface area contributed by atoms with E-state index in [2.05, 4.69) is 52.7 Å². The quantitative estimate of drug-likeness (QED) is 0.717. The van der Waals surface area contributed by atoms with E-state index in [1.54, 1.807) is 5.01 Å². The molecule has 3 aliphatic rings. The molecule has 2 amide bonds. The van der Waals surface area contributed by atoms with Crippen LogP contribution in [0.25, 0.3) is 0 Å². The molecule has 1 N–H and O–H groups in total. The maximum Gasteiger partial charge on any atom is 0.342 e. The summed E-state index contributed by atoms with van der Waals surface area (Å²) in [5.41, 5.74) is 4.47. The van der Waals surface area contributed by atoms with Gasteiger partial charge in [0.1, 0.15) is 0 Å². The highest BCUT2D eigenvalue weighted by Gasteiger charge is 2.33. The lowest BCUT2D eigenvalue weighted by atomic mass is 9.83. The van der Waals surface area contributed by atoms with E-state index in [-0.39, 0.29) is 12.1 Å². The van der Waals surface area contributed by atoms with Gasteiger partial charge in [0, 0.05) is 31.1 Å². The molecule has 2 aromatic carbocycles. The van der Waals surface area contributed by atoms with Crippen LogP contribution in [0.3, 0.4) is 0 Å². The number of rotatable bonds is 4. The number of amides is 2. The number of anilines is 1. The largest absolute Gasteiger partial charge is 0.342 e. The number of nitrogens with zero attached hydrogens (tertiary/aromatic N) is 3. The first-order valence-corrected chi connectivity index (χ1v) is 11.8. The minimum absolute atomic E-state index is 0.0835. The zero-order chi connectivity index (χ0) is 21.0. The second-order valence-corrected chi connectivity index (χ2v) is 9.13. The van der Waals surface area contributed by atoms with Gasteiger partial charge in [-0.15, -0.1) is 0 Å². The van der Waals surface area contributed by atoms with E-state index in [1.807, 2.05) is 12.1 Å². The minimum atomic E-state index is -0.0835. The number of piperidine rings is 1. The lowest BCUT2D eigenvalue weighted by Gasteiger charge is -2.36. The van der Waals surface area contributed by atoms with Crippen molar-refractivity contribution in [1.29, 1.82) is 0 Å². The summed E-state index contributed by atoms with van der Waals surface area (Å²) in [6.07, 6.45) is 8.08. The maximum atomic E-state index is 13.2. The minimum Gasteiger partial charge on any atom is -0.306 e. The summed E-state index contributed by atoms with van der Waals surface area (Å²) in [5.74, 6) is 0.447. The summed E-state index contributed by atoms with van der Waals surface area (Å²) in [7, 11) is 0. The average molecular weight is 417 g/mol. The number of benzene rings is 2. The Morgan fingerprint density at radius 3 is 2.35 bits per heavy atom. The van der Waals surface area contributed by atoms with Crippen LogP contribution in [0, 0.1) is 5.92 Å². The topological polar surface area (TPSA) is 47.9 Å². The van der Waals surface area contributed by atoms with Crippen LogP contribution in [-0.2, 0) is 6.54 Å². The van der Waals surface area contributed by atoms with Crippen molar-refractivity contribution in [3.8, 4) is 0 Å². The zero-order valence-corrected chi connectivity index (χ0v) is 18.2. The lowest BCUT2D eigenvalue weighted by molar-refractivity contribution is 0.125. The Morgan fingerprint density at radius 2 is 1.58 bits per heavy atom. The van der Waals surface area contributed by atoms with Crippen LogP contribution < -0.4 is 5.32 Å². The maximum absolute atomic E-state index is 13.2. The third-order valence-corrected chi connectivity index (χ3v) is 7.01. The summed E-state index contributed by atoms with van der Waals surface area (Å²) in [5, 5.41) is 10.0. The summed E-state index contributed by atoms with van der Waals surface area (Å²) in [6.45, 7) is 2.96. The monoisotopic (exact) mass is 416 g/mol. The number of carbonyl (C=O) groups is 1. The molecule has 0 aromatic heterocycles. The normalized spacial score (nSPS) is 21.2. The Hall–Kier alpha value is -2.66. The van der Waals surface area contributed by atoms with Crippen molar-refractivity contribution in [1.82, 2.24) is 9.91 Å². The molecule has 31 heavy (non-hydrogen) atoms. The number of para-hydroxylation sites is 1. The smallest absolute Gasteiger partial charge is 0.306 e. The number of hydrogen-bond acceptors (Lipinski definition) is 3. The Kier molecular flexibility index (Phi) is 6.03. The van der Waals surface area contributed by atoms with Gasteiger partial charge in [-0.2, -0.15) is 5.10 Å². The van der Waals surface area contributed by atoms with Crippen molar-refractivity contribution < 1.29 is 4.79 Å². The predicted molar refractivity (Wildman–Crippen MR) is 125 cm³/mol. The Bertz CT molecular complexity index is 927. The molecule has 162 valence electrons. The fourth-order valence-corrected chi connectivity index (χ4v) is 5.29. The van der Waals surface area contributed by atoms with Crippen molar-refractivity contribution in [3.05, 3.63) is 65.7 Å². The van der Waals surface area contributed by atoms with Crippen LogP contribution in [0.2, 0.25) is 0 Å². The van der Waals surface area contributed by atoms with E-state index >= 15 is 0 Å². The molecular formula is C26H32N4O. The SMILES string of the molecule is O=C1Nc2ccccc2C(C2CCCCC2)=NN1C1CCN(Cc2ccccc2)CC1. The summed E-state index contributed by atoms with van der Waals surface area (Å²) in [6, 6.07) is 18.9. The molecule has 1 saturated carbocycles. The number of urea groups is 1. The lowest BCUT2D eigenvalue weighted by Crippen LogP contribution is -2.46. The van der Waals surface area contributed by atoms with E-state index in [0.29, 0.717) is 5.92 Å². The van der Waals surface area contributed by atoms with Crippen LogP contribution in [0.4, 0.5) is 10.5 Å². The van der Waals surface area contributed by atoms with Crippen molar-refractivity contribution in [2.75, 3.05) is 18.4 Å². The molecule has 1 aliphatic carbocycles. The molecule has 1 saturated heterocycles.